The van der Waals surface area contributed by atoms with Crippen LogP contribution in [0.4, 0.5) is 0 Å². The van der Waals surface area contributed by atoms with Crippen LogP contribution < -0.4 is 0 Å². The number of carbonyl (C=O) groups is 1. The van der Waals surface area contributed by atoms with Crippen LogP contribution in [0.1, 0.15) is 37.4 Å². The molecule has 0 bridgehead atoms. The normalized spacial score (nSPS) is 14.2. The third-order valence-corrected chi connectivity index (χ3v) is 5.58. The van der Waals surface area contributed by atoms with E-state index in [-0.39, 0.29) is 18.0 Å². The van der Waals surface area contributed by atoms with Gasteiger partial charge in [0.1, 0.15) is 10.7 Å². The molecular formula is C17H22N2O3S2. The summed E-state index contributed by atoms with van der Waals surface area (Å²) in [5.74, 6) is -0.249. The summed E-state index contributed by atoms with van der Waals surface area (Å²) in [5.41, 5.74) is 1.74. The molecule has 130 valence electrons. The molecule has 2 rings (SSSR count). The van der Waals surface area contributed by atoms with Crippen LogP contribution in [-0.4, -0.2) is 36.3 Å². The van der Waals surface area contributed by atoms with Crippen molar-refractivity contribution in [2.24, 2.45) is 5.92 Å². The minimum Gasteiger partial charge on any atom is -0.469 e. The first-order valence-corrected chi connectivity index (χ1v) is 9.42. The van der Waals surface area contributed by atoms with E-state index in [0.29, 0.717) is 5.92 Å². The molecule has 2 aromatic rings. The largest absolute Gasteiger partial charge is 0.469 e. The van der Waals surface area contributed by atoms with Crippen molar-refractivity contribution in [3.8, 4) is 10.7 Å². The van der Waals surface area contributed by atoms with E-state index in [2.05, 4.69) is 23.8 Å². The van der Waals surface area contributed by atoms with Crippen molar-refractivity contribution in [1.82, 2.24) is 9.97 Å². The van der Waals surface area contributed by atoms with E-state index in [4.69, 9.17) is 9.47 Å². The van der Waals surface area contributed by atoms with Crippen LogP contribution in [0, 0.1) is 5.92 Å². The summed E-state index contributed by atoms with van der Waals surface area (Å²) in [6.45, 7) is 6.04. The molecule has 0 aliphatic heterocycles. The van der Waals surface area contributed by atoms with Crippen LogP contribution in [0.5, 0.6) is 0 Å². The number of aromatic nitrogens is 2. The Labute approximate surface area is 150 Å². The summed E-state index contributed by atoms with van der Waals surface area (Å²) in [4.78, 5) is 20.8. The lowest BCUT2D eigenvalue weighted by molar-refractivity contribution is -0.148. The molecule has 0 saturated carbocycles. The third kappa shape index (κ3) is 4.49. The van der Waals surface area contributed by atoms with E-state index in [1.807, 2.05) is 22.9 Å². The number of rotatable bonds is 7. The number of nitrogens with zero attached hydrogens (tertiary/aromatic N) is 2. The summed E-state index contributed by atoms with van der Waals surface area (Å²) in [6, 6.07) is 0. The van der Waals surface area contributed by atoms with E-state index in [0.717, 1.165) is 21.4 Å². The van der Waals surface area contributed by atoms with Crippen molar-refractivity contribution in [2.45, 2.75) is 32.8 Å². The molecule has 5 nitrogen and oxygen atoms in total. The monoisotopic (exact) mass is 366 g/mol. The first kappa shape index (κ1) is 18.8. The van der Waals surface area contributed by atoms with Crippen LogP contribution in [0.2, 0.25) is 0 Å². The Balaban J connectivity index is 2.10. The van der Waals surface area contributed by atoms with Crippen molar-refractivity contribution >= 4 is 34.7 Å². The molecule has 0 unspecified atom stereocenters. The van der Waals surface area contributed by atoms with Crippen molar-refractivity contribution in [2.75, 3.05) is 14.2 Å². The zero-order chi connectivity index (χ0) is 17.7. The molecule has 0 N–H and O–H groups in total. The Morgan fingerprint density at radius 1 is 1.17 bits per heavy atom. The molecule has 0 aliphatic rings. The zero-order valence-corrected chi connectivity index (χ0v) is 16.1. The highest BCUT2D eigenvalue weighted by molar-refractivity contribution is 7.14. The van der Waals surface area contributed by atoms with E-state index in [1.165, 1.54) is 7.11 Å². The molecule has 7 heteroatoms. The van der Waals surface area contributed by atoms with Crippen LogP contribution in [0.3, 0.4) is 0 Å². The Kier molecular flexibility index (Phi) is 6.65. The molecule has 0 aliphatic carbocycles. The summed E-state index contributed by atoms with van der Waals surface area (Å²) in [5, 5.41) is 6.02. The van der Waals surface area contributed by atoms with Gasteiger partial charge in [-0.25, -0.2) is 9.97 Å². The van der Waals surface area contributed by atoms with Gasteiger partial charge in [0.05, 0.1) is 29.8 Å². The number of ether oxygens (including phenoxy) is 2. The second kappa shape index (κ2) is 8.50. The maximum Gasteiger partial charge on any atom is 0.311 e. The van der Waals surface area contributed by atoms with Crippen molar-refractivity contribution in [3.05, 3.63) is 27.5 Å². The first-order valence-electron chi connectivity index (χ1n) is 7.66. The quantitative estimate of drug-likeness (QED) is 0.686. The van der Waals surface area contributed by atoms with Crippen LogP contribution in [0.25, 0.3) is 16.8 Å². The third-order valence-electron chi connectivity index (χ3n) is 3.55. The van der Waals surface area contributed by atoms with Gasteiger partial charge in [0.2, 0.25) is 0 Å². The standard InChI is InChI=1S/C17H22N2O3S2/c1-10(2)15-19-13(9-24-15)16-18-12(8-23-16)6-7-14(21-4)11(3)17(20)22-5/h6-11,14H,1-5H3/b7-6+/t11-,14+/m0/s1. The molecule has 0 fully saturated rings. The van der Waals surface area contributed by atoms with Gasteiger partial charge in [0.15, 0.2) is 0 Å². The number of thiazole rings is 2. The van der Waals surface area contributed by atoms with Gasteiger partial charge in [-0.3, -0.25) is 4.79 Å². The summed E-state index contributed by atoms with van der Waals surface area (Å²) in [6.07, 6.45) is 3.35. The molecule has 0 amide bonds. The second-order valence-corrected chi connectivity index (χ2v) is 7.42. The number of methoxy groups -OCH3 is 2. The topological polar surface area (TPSA) is 61.3 Å². The Morgan fingerprint density at radius 2 is 1.92 bits per heavy atom. The van der Waals surface area contributed by atoms with Gasteiger partial charge < -0.3 is 9.47 Å². The fraction of sp³-hybridized carbons (Fsp3) is 0.471. The maximum atomic E-state index is 11.6. The molecule has 2 atom stereocenters. The highest BCUT2D eigenvalue weighted by Gasteiger charge is 2.22. The summed E-state index contributed by atoms with van der Waals surface area (Å²) < 4.78 is 10.1. The van der Waals surface area contributed by atoms with Crippen LogP contribution >= 0.6 is 22.7 Å². The molecule has 0 spiro atoms. The van der Waals surface area contributed by atoms with Crippen LogP contribution in [-0.2, 0) is 14.3 Å². The molecule has 2 aromatic heterocycles. The molecule has 24 heavy (non-hydrogen) atoms. The van der Waals surface area contributed by atoms with E-state index >= 15 is 0 Å². The average Bonchev–Trinajstić information content (AvgIpc) is 3.23. The van der Waals surface area contributed by atoms with Gasteiger partial charge in [0, 0.05) is 23.8 Å². The van der Waals surface area contributed by atoms with E-state index < -0.39 is 0 Å². The highest BCUT2D eigenvalue weighted by Crippen LogP contribution is 2.28. The Hall–Kier alpha value is -1.57. The lowest BCUT2D eigenvalue weighted by atomic mass is 10.0. The zero-order valence-electron chi connectivity index (χ0n) is 14.5. The molecular weight excluding hydrogens is 344 g/mol. The molecule has 2 heterocycles. The lowest BCUT2D eigenvalue weighted by Gasteiger charge is -2.16. The van der Waals surface area contributed by atoms with E-state index in [9.17, 15) is 4.79 Å². The Bertz CT molecular complexity index is 706. The van der Waals surface area contributed by atoms with Gasteiger partial charge in [-0.1, -0.05) is 19.9 Å². The average molecular weight is 367 g/mol. The van der Waals surface area contributed by atoms with Gasteiger partial charge in [-0.05, 0) is 13.0 Å². The van der Waals surface area contributed by atoms with Gasteiger partial charge >= 0.3 is 5.97 Å². The first-order chi connectivity index (χ1) is 11.5. The SMILES string of the molecule is COC(=O)[C@@H](C)[C@@H](/C=C/c1csc(-c2csc(C(C)C)n2)n1)OC. The van der Waals surface area contributed by atoms with Crippen molar-refractivity contribution in [3.63, 3.8) is 0 Å². The smallest absolute Gasteiger partial charge is 0.311 e. The second-order valence-electron chi connectivity index (χ2n) is 5.67. The van der Waals surface area contributed by atoms with Gasteiger partial charge in [0.25, 0.3) is 0 Å². The van der Waals surface area contributed by atoms with Crippen molar-refractivity contribution in [1.29, 1.82) is 0 Å². The fourth-order valence-electron chi connectivity index (χ4n) is 2.09. The number of hydrogen-bond acceptors (Lipinski definition) is 7. The predicted octanol–water partition coefficient (Wildman–Crippen LogP) is 4.23. The van der Waals surface area contributed by atoms with Gasteiger partial charge in [-0.15, -0.1) is 22.7 Å². The number of carbonyl (C=O) groups excluding carboxylic acids is 1. The van der Waals surface area contributed by atoms with Gasteiger partial charge in [-0.2, -0.15) is 0 Å². The Morgan fingerprint density at radius 3 is 2.50 bits per heavy atom. The maximum absolute atomic E-state index is 11.6. The highest BCUT2D eigenvalue weighted by atomic mass is 32.1. The summed E-state index contributed by atoms with van der Waals surface area (Å²) in [7, 11) is 2.95. The fourth-order valence-corrected chi connectivity index (χ4v) is 3.74. The van der Waals surface area contributed by atoms with Crippen molar-refractivity contribution < 1.29 is 14.3 Å². The minimum absolute atomic E-state index is 0.297. The molecule has 0 radical (unpaired) electrons. The lowest BCUT2D eigenvalue weighted by Crippen LogP contribution is -2.26. The molecule has 0 aromatic carbocycles. The molecule has 0 saturated heterocycles. The van der Waals surface area contributed by atoms with E-state index in [1.54, 1.807) is 36.7 Å². The summed E-state index contributed by atoms with van der Waals surface area (Å²) >= 11 is 3.21. The number of esters is 1. The predicted molar refractivity (Wildman–Crippen MR) is 98.3 cm³/mol. The van der Waals surface area contributed by atoms with Crippen LogP contribution in [0.15, 0.2) is 16.8 Å². The minimum atomic E-state index is -0.374. The number of hydrogen-bond donors (Lipinski definition) is 0.